The zero-order valence-corrected chi connectivity index (χ0v) is 12.6. The van der Waals surface area contributed by atoms with Gasteiger partial charge in [0.1, 0.15) is 5.56 Å². The van der Waals surface area contributed by atoms with Crippen LogP contribution in [-0.2, 0) is 4.74 Å². The molecule has 0 spiro atoms. The molecule has 1 unspecified atom stereocenters. The van der Waals surface area contributed by atoms with Gasteiger partial charge in [-0.1, -0.05) is 28.1 Å². The molecule has 1 heterocycles. The van der Waals surface area contributed by atoms with Crippen molar-refractivity contribution < 1.29 is 14.5 Å². The number of morpholine rings is 1. The van der Waals surface area contributed by atoms with Gasteiger partial charge in [-0.25, -0.2) is 0 Å². The molecule has 1 aliphatic heterocycles. The van der Waals surface area contributed by atoms with Crippen LogP contribution in [0.2, 0.25) is 0 Å². The maximum atomic E-state index is 12.6. The number of amides is 1. The Kier molecular flexibility index (Phi) is 4.72. The molecule has 1 saturated heterocycles. The number of para-hydroxylation sites is 1. The lowest BCUT2D eigenvalue weighted by molar-refractivity contribution is -0.385. The molecule has 108 valence electrons. The van der Waals surface area contributed by atoms with Gasteiger partial charge in [-0.2, -0.15) is 0 Å². The van der Waals surface area contributed by atoms with Gasteiger partial charge in [0.05, 0.1) is 24.2 Å². The number of benzene rings is 1. The van der Waals surface area contributed by atoms with Crippen LogP contribution in [0.15, 0.2) is 18.2 Å². The minimum Gasteiger partial charge on any atom is -0.377 e. The first-order chi connectivity index (χ1) is 9.56. The van der Waals surface area contributed by atoms with Gasteiger partial charge >= 0.3 is 0 Å². The number of rotatable bonds is 3. The molecule has 20 heavy (non-hydrogen) atoms. The zero-order valence-electron chi connectivity index (χ0n) is 11.0. The molecular weight excluding hydrogens is 328 g/mol. The van der Waals surface area contributed by atoms with Gasteiger partial charge in [0.15, 0.2) is 0 Å². The largest absolute Gasteiger partial charge is 0.377 e. The molecule has 0 aromatic heterocycles. The predicted octanol–water partition coefficient (Wildman–Crippen LogP) is 2.14. The Morgan fingerprint density at radius 2 is 2.35 bits per heavy atom. The Morgan fingerprint density at radius 3 is 3.00 bits per heavy atom. The molecule has 1 atom stereocenters. The van der Waals surface area contributed by atoms with E-state index in [1.165, 1.54) is 6.07 Å². The first-order valence-corrected chi connectivity index (χ1v) is 7.37. The topological polar surface area (TPSA) is 72.7 Å². The number of hydrogen-bond acceptors (Lipinski definition) is 4. The van der Waals surface area contributed by atoms with E-state index < -0.39 is 4.92 Å². The number of alkyl halides is 1. The van der Waals surface area contributed by atoms with Crippen LogP contribution < -0.4 is 0 Å². The first-order valence-electron chi connectivity index (χ1n) is 6.25. The zero-order chi connectivity index (χ0) is 14.7. The number of nitro benzene ring substituents is 1. The van der Waals surface area contributed by atoms with E-state index in [2.05, 4.69) is 15.9 Å². The number of nitro groups is 1. The molecule has 6 nitrogen and oxygen atoms in total. The number of carbonyl (C=O) groups excluding carboxylic acids is 1. The van der Waals surface area contributed by atoms with E-state index in [0.717, 1.165) is 0 Å². The minimum absolute atomic E-state index is 0.101. The van der Waals surface area contributed by atoms with Crippen molar-refractivity contribution in [2.24, 2.45) is 0 Å². The van der Waals surface area contributed by atoms with Crippen LogP contribution >= 0.6 is 15.9 Å². The summed E-state index contributed by atoms with van der Waals surface area (Å²) in [7, 11) is 0. The van der Waals surface area contributed by atoms with Gasteiger partial charge < -0.3 is 9.64 Å². The highest BCUT2D eigenvalue weighted by atomic mass is 79.9. The normalized spacial score (nSPS) is 18.9. The number of carbonyl (C=O) groups is 1. The molecule has 0 bridgehead atoms. The molecule has 0 radical (unpaired) electrons. The van der Waals surface area contributed by atoms with Crippen molar-refractivity contribution in [2.75, 3.05) is 25.1 Å². The second-order valence-electron chi connectivity index (χ2n) is 4.61. The summed E-state index contributed by atoms with van der Waals surface area (Å²) in [5.41, 5.74) is 0.518. The summed E-state index contributed by atoms with van der Waals surface area (Å²) in [4.78, 5) is 24.9. The van der Waals surface area contributed by atoms with Gasteiger partial charge in [-0.05, 0) is 13.0 Å². The number of aryl methyl sites for hydroxylation is 1. The molecule has 1 aliphatic rings. The van der Waals surface area contributed by atoms with E-state index >= 15 is 0 Å². The second kappa shape index (κ2) is 6.32. The fourth-order valence-corrected chi connectivity index (χ4v) is 2.82. The van der Waals surface area contributed by atoms with Crippen LogP contribution in [0.3, 0.4) is 0 Å². The lowest BCUT2D eigenvalue weighted by Gasteiger charge is -2.34. The van der Waals surface area contributed by atoms with Gasteiger partial charge in [0, 0.05) is 17.4 Å². The molecule has 1 fully saturated rings. The Bertz CT molecular complexity index is 535. The molecule has 1 aromatic carbocycles. The lowest BCUT2D eigenvalue weighted by Crippen LogP contribution is -2.49. The maximum Gasteiger partial charge on any atom is 0.285 e. The minimum atomic E-state index is -0.494. The van der Waals surface area contributed by atoms with Crippen LogP contribution in [0.4, 0.5) is 5.69 Å². The van der Waals surface area contributed by atoms with Crippen molar-refractivity contribution in [3.8, 4) is 0 Å². The van der Waals surface area contributed by atoms with Gasteiger partial charge in [-0.3, -0.25) is 14.9 Å². The van der Waals surface area contributed by atoms with Crippen LogP contribution in [0.25, 0.3) is 0 Å². The van der Waals surface area contributed by atoms with Gasteiger partial charge in [0.25, 0.3) is 11.6 Å². The van der Waals surface area contributed by atoms with Crippen LogP contribution in [-0.4, -0.2) is 46.9 Å². The van der Waals surface area contributed by atoms with Crippen LogP contribution in [0.1, 0.15) is 15.9 Å². The number of halogens is 1. The van der Waals surface area contributed by atoms with Crippen molar-refractivity contribution in [2.45, 2.75) is 13.0 Å². The first kappa shape index (κ1) is 14.9. The number of hydrogen-bond donors (Lipinski definition) is 0. The van der Waals surface area contributed by atoms with E-state index in [1.807, 2.05) is 0 Å². The third-order valence-electron chi connectivity index (χ3n) is 3.32. The van der Waals surface area contributed by atoms with E-state index in [1.54, 1.807) is 24.0 Å². The highest BCUT2D eigenvalue weighted by Gasteiger charge is 2.31. The standard InChI is InChI=1S/C13H15BrN2O4/c1-9-3-2-4-11(12(9)16(18)19)13(17)15-5-6-20-8-10(15)7-14/h2-4,10H,5-8H2,1H3. The molecule has 1 amide bonds. The molecule has 1 aromatic rings. The summed E-state index contributed by atoms with van der Waals surface area (Å²) in [5, 5.41) is 11.8. The molecular formula is C13H15BrN2O4. The number of nitrogens with zero attached hydrogens (tertiary/aromatic N) is 2. The molecule has 0 N–H and O–H groups in total. The monoisotopic (exact) mass is 342 g/mol. The van der Waals surface area contributed by atoms with Crippen molar-refractivity contribution >= 4 is 27.5 Å². The summed E-state index contributed by atoms with van der Waals surface area (Å²) in [5.74, 6) is -0.312. The summed E-state index contributed by atoms with van der Waals surface area (Å²) in [6, 6.07) is 4.71. The van der Waals surface area contributed by atoms with Crippen molar-refractivity contribution in [1.82, 2.24) is 4.90 Å². The quantitative estimate of drug-likeness (QED) is 0.479. The van der Waals surface area contributed by atoms with E-state index in [9.17, 15) is 14.9 Å². The highest BCUT2D eigenvalue weighted by molar-refractivity contribution is 9.09. The fraction of sp³-hybridized carbons (Fsp3) is 0.462. The predicted molar refractivity (Wildman–Crippen MR) is 77.3 cm³/mol. The Balaban J connectivity index is 2.38. The summed E-state index contributed by atoms with van der Waals surface area (Å²) in [6.45, 7) is 2.97. The summed E-state index contributed by atoms with van der Waals surface area (Å²) >= 11 is 3.35. The number of ether oxygens (including phenoxy) is 1. The fourth-order valence-electron chi connectivity index (χ4n) is 2.28. The van der Waals surface area contributed by atoms with Gasteiger partial charge in [-0.15, -0.1) is 0 Å². The average Bonchev–Trinajstić information content (AvgIpc) is 2.45. The SMILES string of the molecule is Cc1cccc(C(=O)N2CCOCC2CBr)c1[N+](=O)[O-]. The van der Waals surface area contributed by atoms with E-state index in [4.69, 9.17) is 4.74 Å². The second-order valence-corrected chi connectivity index (χ2v) is 5.26. The smallest absolute Gasteiger partial charge is 0.285 e. The van der Waals surface area contributed by atoms with E-state index in [-0.39, 0.29) is 23.2 Å². The molecule has 2 rings (SSSR count). The van der Waals surface area contributed by atoms with Crippen molar-refractivity contribution in [3.05, 3.63) is 39.4 Å². The third kappa shape index (κ3) is 2.83. The Hall–Kier alpha value is -1.47. The van der Waals surface area contributed by atoms with E-state index in [0.29, 0.717) is 30.7 Å². The average molecular weight is 343 g/mol. The maximum absolute atomic E-state index is 12.6. The third-order valence-corrected chi connectivity index (χ3v) is 4.06. The van der Waals surface area contributed by atoms with Crippen molar-refractivity contribution in [3.63, 3.8) is 0 Å². The lowest BCUT2D eigenvalue weighted by atomic mass is 10.1. The molecule has 0 saturated carbocycles. The Labute approximate surface area is 125 Å². The van der Waals surface area contributed by atoms with Crippen LogP contribution in [0.5, 0.6) is 0 Å². The van der Waals surface area contributed by atoms with Gasteiger partial charge in [0.2, 0.25) is 0 Å². The highest BCUT2D eigenvalue weighted by Crippen LogP contribution is 2.25. The van der Waals surface area contributed by atoms with Crippen molar-refractivity contribution in [1.29, 1.82) is 0 Å². The summed E-state index contributed by atoms with van der Waals surface area (Å²) in [6.07, 6.45) is 0. The summed E-state index contributed by atoms with van der Waals surface area (Å²) < 4.78 is 5.33. The van der Waals surface area contributed by atoms with Crippen LogP contribution in [0, 0.1) is 17.0 Å². The Morgan fingerprint density at radius 1 is 1.60 bits per heavy atom. The molecule has 7 heteroatoms. The molecule has 0 aliphatic carbocycles.